The Hall–Kier alpha value is -0.310. The highest BCUT2D eigenvalue weighted by atomic mass is 32.1. The minimum atomic E-state index is -0.677. The summed E-state index contributed by atoms with van der Waals surface area (Å²) < 4.78 is -0.677. The fourth-order valence-electron chi connectivity index (χ4n) is 2.08. The monoisotopic (exact) mass is 200 g/mol. The molecule has 0 spiro atoms. The van der Waals surface area contributed by atoms with Crippen LogP contribution in [0.25, 0.3) is 0 Å². The number of ketones is 2. The van der Waals surface area contributed by atoms with E-state index in [-0.39, 0.29) is 17.5 Å². The van der Waals surface area contributed by atoms with Gasteiger partial charge in [-0.3, -0.25) is 9.59 Å². The Kier molecular flexibility index (Phi) is 3.17. The maximum absolute atomic E-state index is 11.6. The van der Waals surface area contributed by atoms with Gasteiger partial charge in [0.05, 0.1) is 4.75 Å². The van der Waals surface area contributed by atoms with Gasteiger partial charge < -0.3 is 0 Å². The lowest BCUT2D eigenvalue weighted by Crippen LogP contribution is -2.48. The van der Waals surface area contributed by atoms with Gasteiger partial charge in [0.15, 0.2) is 5.78 Å². The van der Waals surface area contributed by atoms with Crippen molar-refractivity contribution in [2.24, 2.45) is 5.92 Å². The smallest absolute Gasteiger partial charge is 0.214 e. The number of thiol groups is 1. The highest BCUT2D eigenvalue weighted by Gasteiger charge is 2.46. The van der Waals surface area contributed by atoms with Crippen LogP contribution in [0.2, 0.25) is 0 Å². The van der Waals surface area contributed by atoms with E-state index in [4.69, 9.17) is 0 Å². The maximum atomic E-state index is 11.6. The average Bonchev–Trinajstić information content (AvgIpc) is 2.15. The fraction of sp³-hybridized carbons (Fsp3) is 0.800. The van der Waals surface area contributed by atoms with Gasteiger partial charge in [0.1, 0.15) is 0 Å². The maximum Gasteiger partial charge on any atom is 0.214 e. The Labute approximate surface area is 84.5 Å². The summed E-state index contributed by atoms with van der Waals surface area (Å²) in [5, 5.41) is 0. The zero-order chi connectivity index (χ0) is 10.1. The SMILES string of the molecule is CCC1CCC(=O)C(=O)C1(S)CC. The topological polar surface area (TPSA) is 34.1 Å². The van der Waals surface area contributed by atoms with Crippen LogP contribution in [-0.2, 0) is 9.59 Å². The van der Waals surface area contributed by atoms with E-state index in [9.17, 15) is 9.59 Å². The number of hydrogen-bond acceptors (Lipinski definition) is 3. The Morgan fingerprint density at radius 2 is 2.08 bits per heavy atom. The molecule has 0 amide bonds. The molecular weight excluding hydrogens is 184 g/mol. The molecule has 0 aliphatic heterocycles. The second kappa shape index (κ2) is 3.82. The summed E-state index contributed by atoms with van der Waals surface area (Å²) in [5.41, 5.74) is 0. The lowest BCUT2D eigenvalue weighted by atomic mass is 9.74. The van der Waals surface area contributed by atoms with Gasteiger partial charge in [0.2, 0.25) is 5.78 Å². The number of rotatable bonds is 2. The summed E-state index contributed by atoms with van der Waals surface area (Å²) in [4.78, 5) is 22.9. The second-order valence-electron chi connectivity index (χ2n) is 3.67. The molecule has 0 bridgehead atoms. The van der Waals surface area contributed by atoms with Crippen molar-refractivity contribution in [1.82, 2.24) is 0 Å². The van der Waals surface area contributed by atoms with Gasteiger partial charge in [-0.05, 0) is 18.8 Å². The number of Topliss-reactive ketones (excluding diaryl/α,β-unsaturated/α-hetero) is 2. The van der Waals surface area contributed by atoms with Crippen molar-refractivity contribution in [2.75, 3.05) is 0 Å². The van der Waals surface area contributed by atoms with Crippen molar-refractivity contribution in [2.45, 2.75) is 44.3 Å². The summed E-state index contributed by atoms with van der Waals surface area (Å²) in [6.45, 7) is 3.97. The molecule has 0 aromatic carbocycles. The molecule has 2 atom stereocenters. The van der Waals surface area contributed by atoms with Gasteiger partial charge in [0.25, 0.3) is 0 Å². The third-order valence-corrected chi connectivity index (χ3v) is 3.96. The predicted molar refractivity (Wildman–Crippen MR) is 55.0 cm³/mol. The highest BCUT2D eigenvalue weighted by Crippen LogP contribution is 2.39. The van der Waals surface area contributed by atoms with Crippen molar-refractivity contribution < 1.29 is 9.59 Å². The van der Waals surface area contributed by atoms with Gasteiger partial charge in [-0.1, -0.05) is 20.3 Å². The number of carbonyl (C=O) groups is 2. The molecule has 0 saturated heterocycles. The average molecular weight is 200 g/mol. The predicted octanol–water partition coefficient (Wildman–Crippen LogP) is 2.02. The number of hydrogen-bond donors (Lipinski definition) is 1. The van der Waals surface area contributed by atoms with Crippen LogP contribution in [0.15, 0.2) is 0 Å². The zero-order valence-corrected chi connectivity index (χ0v) is 9.06. The van der Waals surface area contributed by atoms with Crippen LogP contribution in [0.1, 0.15) is 39.5 Å². The minimum Gasteiger partial charge on any atom is -0.291 e. The van der Waals surface area contributed by atoms with Gasteiger partial charge >= 0.3 is 0 Å². The normalized spacial score (nSPS) is 35.2. The molecule has 0 aromatic heterocycles. The van der Waals surface area contributed by atoms with Crippen molar-refractivity contribution in [3.63, 3.8) is 0 Å². The first-order valence-corrected chi connectivity index (χ1v) is 5.31. The van der Waals surface area contributed by atoms with E-state index < -0.39 is 4.75 Å². The summed E-state index contributed by atoms with van der Waals surface area (Å²) >= 11 is 4.41. The minimum absolute atomic E-state index is 0.235. The first-order valence-electron chi connectivity index (χ1n) is 4.86. The van der Waals surface area contributed by atoms with E-state index in [1.165, 1.54) is 0 Å². The van der Waals surface area contributed by atoms with Crippen LogP contribution in [0, 0.1) is 5.92 Å². The molecule has 0 aromatic rings. The van der Waals surface area contributed by atoms with Crippen molar-refractivity contribution in [3.05, 3.63) is 0 Å². The molecule has 1 saturated carbocycles. The van der Waals surface area contributed by atoms with Gasteiger partial charge in [0, 0.05) is 6.42 Å². The molecule has 2 nitrogen and oxygen atoms in total. The summed E-state index contributed by atoms with van der Waals surface area (Å²) in [5.74, 6) is -0.232. The second-order valence-corrected chi connectivity index (χ2v) is 4.47. The molecule has 0 N–H and O–H groups in total. The largest absolute Gasteiger partial charge is 0.291 e. The standard InChI is InChI=1S/C10H16O2S/c1-3-7-5-6-8(11)9(12)10(7,13)4-2/h7,13H,3-6H2,1-2H3. The molecule has 1 rings (SSSR count). The van der Waals surface area contributed by atoms with Gasteiger partial charge in [-0.2, -0.15) is 12.6 Å². The van der Waals surface area contributed by atoms with E-state index in [2.05, 4.69) is 12.6 Å². The van der Waals surface area contributed by atoms with E-state index >= 15 is 0 Å². The summed E-state index contributed by atoms with van der Waals surface area (Å²) in [7, 11) is 0. The Balaban J connectivity index is 2.94. The molecule has 74 valence electrons. The zero-order valence-electron chi connectivity index (χ0n) is 8.17. The molecule has 3 heteroatoms. The van der Waals surface area contributed by atoms with E-state index in [0.29, 0.717) is 12.8 Å². The third kappa shape index (κ3) is 1.66. The van der Waals surface area contributed by atoms with Crippen LogP contribution in [-0.4, -0.2) is 16.3 Å². The quantitative estimate of drug-likeness (QED) is 0.546. The Morgan fingerprint density at radius 3 is 2.54 bits per heavy atom. The first kappa shape index (κ1) is 10.8. The first-order chi connectivity index (χ1) is 6.06. The molecule has 0 heterocycles. The van der Waals surface area contributed by atoms with Crippen LogP contribution >= 0.6 is 12.6 Å². The van der Waals surface area contributed by atoms with Crippen LogP contribution in [0.3, 0.4) is 0 Å². The highest BCUT2D eigenvalue weighted by molar-refractivity contribution is 7.83. The van der Waals surface area contributed by atoms with Crippen molar-refractivity contribution >= 4 is 24.2 Å². The van der Waals surface area contributed by atoms with Gasteiger partial charge in [-0.15, -0.1) is 0 Å². The van der Waals surface area contributed by atoms with E-state index in [1.54, 1.807) is 0 Å². The Bertz CT molecular complexity index is 237. The lowest BCUT2D eigenvalue weighted by Gasteiger charge is -2.37. The van der Waals surface area contributed by atoms with Crippen molar-refractivity contribution in [1.29, 1.82) is 0 Å². The molecule has 2 unspecified atom stereocenters. The third-order valence-electron chi connectivity index (χ3n) is 3.07. The lowest BCUT2D eigenvalue weighted by molar-refractivity contribution is -0.141. The van der Waals surface area contributed by atoms with Crippen molar-refractivity contribution in [3.8, 4) is 0 Å². The van der Waals surface area contributed by atoms with Crippen LogP contribution in [0.5, 0.6) is 0 Å². The van der Waals surface area contributed by atoms with E-state index in [0.717, 1.165) is 12.8 Å². The van der Waals surface area contributed by atoms with E-state index in [1.807, 2.05) is 13.8 Å². The summed E-state index contributed by atoms with van der Waals surface area (Å²) in [6.07, 6.45) is 2.81. The Morgan fingerprint density at radius 1 is 1.46 bits per heavy atom. The molecule has 1 aliphatic rings. The van der Waals surface area contributed by atoms with Gasteiger partial charge in [-0.25, -0.2) is 0 Å². The molecule has 1 aliphatic carbocycles. The van der Waals surface area contributed by atoms with Crippen LogP contribution < -0.4 is 0 Å². The molecule has 0 radical (unpaired) electrons. The summed E-state index contributed by atoms with van der Waals surface area (Å²) in [6, 6.07) is 0. The molecule has 13 heavy (non-hydrogen) atoms. The number of carbonyl (C=O) groups excluding carboxylic acids is 2. The molecule has 1 fully saturated rings. The van der Waals surface area contributed by atoms with Crippen LogP contribution in [0.4, 0.5) is 0 Å². The fourth-order valence-corrected chi connectivity index (χ4v) is 2.51. The molecular formula is C10H16O2S.